The van der Waals surface area contributed by atoms with Gasteiger partial charge in [-0.25, -0.2) is 14.5 Å². The standard InChI is InChI=1S/C17H14N6O2.C3H6/c1-25-17-19-8-13(9-20-17)12-6-15-14(2-4-21-23(15)10-12)22-5-3-11(7-18)16(22)24;1-2-3-1/h2,4,6,8-11H,3,5H2,1H3;1-3H2. The van der Waals surface area contributed by atoms with E-state index in [4.69, 9.17) is 10.00 Å². The van der Waals surface area contributed by atoms with E-state index in [1.165, 1.54) is 26.4 Å². The predicted molar refractivity (Wildman–Crippen MR) is 103 cm³/mol. The molecule has 1 unspecified atom stereocenters. The van der Waals surface area contributed by atoms with Crippen LogP contribution < -0.4 is 9.64 Å². The van der Waals surface area contributed by atoms with Gasteiger partial charge in [0.25, 0.3) is 0 Å². The summed E-state index contributed by atoms with van der Waals surface area (Å²) >= 11 is 0. The lowest BCUT2D eigenvalue weighted by molar-refractivity contribution is -0.118. The van der Waals surface area contributed by atoms with E-state index in [0.29, 0.717) is 19.0 Å². The lowest BCUT2D eigenvalue weighted by atomic mass is 10.1. The summed E-state index contributed by atoms with van der Waals surface area (Å²) in [6.45, 7) is 0.531. The number of nitrogens with zero attached hydrogens (tertiary/aromatic N) is 6. The molecule has 1 aliphatic carbocycles. The number of nitriles is 1. The predicted octanol–water partition coefficient (Wildman–Crippen LogP) is 2.85. The Morgan fingerprint density at radius 2 is 1.96 bits per heavy atom. The fourth-order valence-electron chi connectivity index (χ4n) is 3.00. The van der Waals surface area contributed by atoms with Crippen molar-refractivity contribution in [2.45, 2.75) is 25.7 Å². The quantitative estimate of drug-likeness (QED) is 0.697. The average Bonchev–Trinajstić information content (AvgIpc) is 3.48. The zero-order chi connectivity index (χ0) is 19.5. The smallest absolute Gasteiger partial charge is 0.316 e. The van der Waals surface area contributed by atoms with Crippen LogP contribution in [0.15, 0.2) is 36.9 Å². The van der Waals surface area contributed by atoms with Crippen molar-refractivity contribution >= 4 is 17.1 Å². The lowest BCUT2D eigenvalue weighted by Gasteiger charge is -2.16. The van der Waals surface area contributed by atoms with Crippen molar-refractivity contribution in [2.75, 3.05) is 18.6 Å². The van der Waals surface area contributed by atoms with E-state index in [1.807, 2.05) is 12.3 Å². The number of ether oxygens (including phenoxy) is 1. The summed E-state index contributed by atoms with van der Waals surface area (Å²) in [5.41, 5.74) is 3.24. The molecule has 1 saturated carbocycles. The number of rotatable bonds is 3. The summed E-state index contributed by atoms with van der Waals surface area (Å²) in [5, 5.41) is 13.4. The highest BCUT2D eigenvalue weighted by Gasteiger charge is 2.33. The second kappa shape index (κ2) is 7.64. The molecule has 8 nitrogen and oxygen atoms in total. The summed E-state index contributed by atoms with van der Waals surface area (Å²) in [6.07, 6.45) is 11.9. The molecule has 2 fully saturated rings. The van der Waals surface area contributed by atoms with Crippen LogP contribution in [0, 0.1) is 17.2 Å². The van der Waals surface area contributed by atoms with Crippen LogP contribution in [0.3, 0.4) is 0 Å². The van der Waals surface area contributed by atoms with Gasteiger partial charge in [0, 0.05) is 42.5 Å². The third kappa shape index (κ3) is 3.51. The molecule has 3 aromatic rings. The molecule has 5 rings (SSSR count). The molecular weight excluding hydrogens is 356 g/mol. The summed E-state index contributed by atoms with van der Waals surface area (Å²) in [6, 6.07) is 6.09. The summed E-state index contributed by atoms with van der Waals surface area (Å²) in [7, 11) is 1.51. The molecule has 8 heteroatoms. The maximum Gasteiger partial charge on any atom is 0.316 e. The van der Waals surface area contributed by atoms with Crippen molar-refractivity contribution in [2.24, 2.45) is 5.92 Å². The Morgan fingerprint density at radius 3 is 2.57 bits per heavy atom. The highest BCUT2D eigenvalue weighted by Crippen LogP contribution is 2.31. The zero-order valence-corrected chi connectivity index (χ0v) is 15.6. The molecule has 1 amide bonds. The molecule has 1 saturated heterocycles. The van der Waals surface area contributed by atoms with Gasteiger partial charge in [-0.1, -0.05) is 19.3 Å². The van der Waals surface area contributed by atoms with Crippen molar-refractivity contribution < 1.29 is 9.53 Å². The third-order valence-electron chi connectivity index (χ3n) is 4.64. The number of hydrogen-bond acceptors (Lipinski definition) is 6. The summed E-state index contributed by atoms with van der Waals surface area (Å²) < 4.78 is 6.68. The molecule has 4 heterocycles. The van der Waals surface area contributed by atoms with Crippen LogP contribution in [-0.2, 0) is 4.79 Å². The van der Waals surface area contributed by atoms with Gasteiger partial charge in [0.2, 0.25) is 5.91 Å². The Labute approximate surface area is 162 Å². The molecule has 0 N–H and O–H groups in total. The first-order valence-electron chi connectivity index (χ1n) is 9.26. The van der Waals surface area contributed by atoms with Gasteiger partial charge in [-0.3, -0.25) is 4.79 Å². The average molecular weight is 376 g/mol. The highest BCUT2D eigenvalue weighted by molar-refractivity contribution is 6.02. The van der Waals surface area contributed by atoms with Crippen molar-refractivity contribution in [1.29, 1.82) is 5.26 Å². The van der Waals surface area contributed by atoms with Gasteiger partial charge < -0.3 is 9.64 Å². The minimum atomic E-state index is -0.572. The van der Waals surface area contributed by atoms with Gasteiger partial charge in [-0.05, 0) is 18.6 Å². The number of methoxy groups -OCH3 is 1. The number of aromatic nitrogens is 4. The molecule has 3 aromatic heterocycles. The fourth-order valence-corrected chi connectivity index (χ4v) is 3.00. The normalized spacial score (nSPS) is 17.8. The number of fused-ring (bicyclic) bond motifs is 1. The van der Waals surface area contributed by atoms with Gasteiger partial charge >= 0.3 is 6.01 Å². The van der Waals surface area contributed by atoms with E-state index >= 15 is 0 Å². The lowest BCUT2D eigenvalue weighted by Crippen LogP contribution is -2.27. The van der Waals surface area contributed by atoms with Gasteiger partial charge in [-0.2, -0.15) is 10.4 Å². The van der Waals surface area contributed by atoms with Crippen LogP contribution >= 0.6 is 0 Å². The van der Waals surface area contributed by atoms with E-state index in [0.717, 1.165) is 22.3 Å². The van der Waals surface area contributed by atoms with Crippen LogP contribution in [0.4, 0.5) is 5.69 Å². The molecular formula is C20H20N6O2. The summed E-state index contributed by atoms with van der Waals surface area (Å²) in [4.78, 5) is 22.2. The molecule has 1 aliphatic heterocycles. The largest absolute Gasteiger partial charge is 0.467 e. The monoisotopic (exact) mass is 376 g/mol. The molecule has 28 heavy (non-hydrogen) atoms. The van der Waals surface area contributed by atoms with E-state index in [9.17, 15) is 4.79 Å². The van der Waals surface area contributed by atoms with E-state index in [2.05, 4.69) is 21.1 Å². The molecule has 1 atom stereocenters. The van der Waals surface area contributed by atoms with Crippen LogP contribution in [0.5, 0.6) is 6.01 Å². The first-order chi connectivity index (χ1) is 13.7. The number of amides is 1. The maximum absolute atomic E-state index is 12.4. The molecule has 0 radical (unpaired) electrons. The second-order valence-corrected chi connectivity index (χ2v) is 6.75. The van der Waals surface area contributed by atoms with Gasteiger partial charge in [0.15, 0.2) is 0 Å². The number of hydrogen-bond donors (Lipinski definition) is 0. The van der Waals surface area contributed by atoms with Crippen molar-refractivity contribution in [1.82, 2.24) is 19.6 Å². The van der Waals surface area contributed by atoms with Gasteiger partial charge in [0.1, 0.15) is 5.92 Å². The second-order valence-electron chi connectivity index (χ2n) is 6.75. The third-order valence-corrected chi connectivity index (χ3v) is 4.64. The van der Waals surface area contributed by atoms with Gasteiger partial charge in [-0.15, -0.1) is 0 Å². The Morgan fingerprint density at radius 1 is 1.21 bits per heavy atom. The highest BCUT2D eigenvalue weighted by atomic mass is 16.5. The zero-order valence-electron chi connectivity index (χ0n) is 15.6. The van der Waals surface area contributed by atoms with Crippen molar-refractivity contribution in [3.05, 3.63) is 36.9 Å². The van der Waals surface area contributed by atoms with Crippen LogP contribution in [0.1, 0.15) is 25.7 Å². The van der Waals surface area contributed by atoms with Crippen molar-refractivity contribution in [3.8, 4) is 23.2 Å². The van der Waals surface area contributed by atoms with Crippen LogP contribution in [-0.4, -0.2) is 39.1 Å². The van der Waals surface area contributed by atoms with Crippen LogP contribution in [0.25, 0.3) is 16.6 Å². The Bertz CT molecular complexity index is 1030. The van der Waals surface area contributed by atoms with Crippen LogP contribution in [0.2, 0.25) is 0 Å². The summed E-state index contributed by atoms with van der Waals surface area (Å²) in [5.74, 6) is -0.733. The Kier molecular flexibility index (Phi) is 4.89. The maximum atomic E-state index is 12.4. The van der Waals surface area contributed by atoms with Crippen molar-refractivity contribution in [3.63, 3.8) is 0 Å². The Balaban J connectivity index is 0.000000586. The fraction of sp³-hybridized carbons (Fsp3) is 0.350. The first kappa shape index (κ1) is 17.9. The van der Waals surface area contributed by atoms with E-state index in [-0.39, 0.29) is 5.91 Å². The minimum Gasteiger partial charge on any atom is -0.467 e. The molecule has 142 valence electrons. The number of carbonyl (C=O) groups is 1. The Hall–Kier alpha value is -3.47. The molecule has 0 spiro atoms. The topological polar surface area (TPSA) is 96.4 Å². The molecule has 0 bridgehead atoms. The first-order valence-corrected chi connectivity index (χ1v) is 9.26. The number of carbonyl (C=O) groups excluding carboxylic acids is 1. The van der Waals surface area contributed by atoms with E-state index < -0.39 is 5.92 Å². The number of anilines is 1. The SMILES string of the molecule is C1CC1.COc1ncc(-c2cc3c(N4CCC(C#N)C4=O)ccnn3c2)cn1. The minimum absolute atomic E-state index is 0.161. The van der Waals surface area contributed by atoms with Gasteiger partial charge in [0.05, 0.1) is 24.4 Å². The van der Waals surface area contributed by atoms with E-state index in [1.54, 1.807) is 34.1 Å². The molecule has 0 aromatic carbocycles. The molecule has 2 aliphatic rings.